The predicted molar refractivity (Wildman–Crippen MR) is 82.2 cm³/mol. The first-order chi connectivity index (χ1) is 9.56. The molecule has 20 heavy (non-hydrogen) atoms. The molecule has 5 nitrogen and oxygen atoms in total. The van der Waals surface area contributed by atoms with E-state index in [1.165, 1.54) is 17.5 Å². The fraction of sp³-hybridized carbons (Fsp3) is 0.733. The average Bonchev–Trinajstić information content (AvgIpc) is 2.41. The monoisotopic (exact) mass is 278 g/mol. The maximum Gasteiger partial charge on any atom is 0.268 e. The molecule has 0 atom stereocenters. The summed E-state index contributed by atoms with van der Waals surface area (Å²) in [6, 6.07) is 2.15. The highest BCUT2D eigenvalue weighted by Gasteiger charge is 2.16. The van der Waals surface area contributed by atoms with Gasteiger partial charge in [-0.3, -0.25) is 4.79 Å². The Bertz CT molecular complexity index is 475. The average molecular weight is 278 g/mol. The van der Waals surface area contributed by atoms with E-state index in [9.17, 15) is 4.79 Å². The number of piperidine rings is 1. The van der Waals surface area contributed by atoms with Crippen LogP contribution in [0.4, 0.5) is 5.69 Å². The molecular weight excluding hydrogens is 252 g/mol. The van der Waals surface area contributed by atoms with Gasteiger partial charge < -0.3 is 10.2 Å². The van der Waals surface area contributed by atoms with Crippen LogP contribution in [0.25, 0.3) is 0 Å². The molecule has 5 heteroatoms. The first kappa shape index (κ1) is 15.0. The van der Waals surface area contributed by atoms with Gasteiger partial charge in [0.25, 0.3) is 5.56 Å². The lowest BCUT2D eigenvalue weighted by atomic mass is 9.99. The molecule has 2 heterocycles. The Morgan fingerprint density at radius 2 is 2.10 bits per heavy atom. The van der Waals surface area contributed by atoms with Gasteiger partial charge in [-0.1, -0.05) is 20.8 Å². The minimum atomic E-state index is -0.00771. The van der Waals surface area contributed by atoms with E-state index in [2.05, 4.69) is 36.1 Å². The molecule has 0 radical (unpaired) electrons. The van der Waals surface area contributed by atoms with Gasteiger partial charge in [0.15, 0.2) is 0 Å². The summed E-state index contributed by atoms with van der Waals surface area (Å²) in [4.78, 5) is 14.3. The highest BCUT2D eigenvalue weighted by Crippen LogP contribution is 2.20. The number of hydrogen-bond acceptors (Lipinski definition) is 4. The molecule has 0 spiro atoms. The van der Waals surface area contributed by atoms with E-state index in [-0.39, 0.29) is 5.56 Å². The normalized spacial score (nSPS) is 16.9. The van der Waals surface area contributed by atoms with Crippen molar-refractivity contribution < 1.29 is 0 Å². The second-order valence-corrected chi connectivity index (χ2v) is 6.05. The zero-order chi connectivity index (χ0) is 14.5. The minimum Gasteiger partial charge on any atom is -0.370 e. The zero-order valence-electron chi connectivity index (χ0n) is 12.8. The van der Waals surface area contributed by atoms with Gasteiger partial charge in [0, 0.05) is 31.7 Å². The third-order valence-electron chi connectivity index (χ3n) is 3.88. The first-order valence-corrected chi connectivity index (χ1v) is 7.62. The van der Waals surface area contributed by atoms with Crippen LogP contribution in [0.1, 0.15) is 33.6 Å². The number of anilines is 1. The Morgan fingerprint density at radius 3 is 2.70 bits per heavy atom. The van der Waals surface area contributed by atoms with E-state index in [1.807, 2.05) is 6.20 Å². The summed E-state index contributed by atoms with van der Waals surface area (Å²) in [6.07, 6.45) is 4.22. The lowest BCUT2D eigenvalue weighted by Crippen LogP contribution is -2.35. The van der Waals surface area contributed by atoms with E-state index < -0.39 is 0 Å². The SMILES string of the molecule is CC1CCN(c2cnn(CCNC(C)C)c(=O)c2)CC1. The lowest BCUT2D eigenvalue weighted by molar-refractivity contribution is 0.437. The fourth-order valence-corrected chi connectivity index (χ4v) is 2.49. The van der Waals surface area contributed by atoms with Gasteiger partial charge in [-0.15, -0.1) is 0 Å². The molecule has 2 rings (SSSR count). The molecule has 112 valence electrons. The van der Waals surface area contributed by atoms with Crippen molar-refractivity contribution in [3.05, 3.63) is 22.6 Å². The highest BCUT2D eigenvalue weighted by atomic mass is 16.1. The van der Waals surface area contributed by atoms with Gasteiger partial charge in [0.05, 0.1) is 18.4 Å². The number of aromatic nitrogens is 2. The van der Waals surface area contributed by atoms with E-state index >= 15 is 0 Å². The Labute approximate surface area is 121 Å². The van der Waals surface area contributed by atoms with Crippen LogP contribution in [0.15, 0.2) is 17.1 Å². The van der Waals surface area contributed by atoms with E-state index in [4.69, 9.17) is 0 Å². The van der Waals surface area contributed by atoms with Gasteiger partial charge >= 0.3 is 0 Å². The van der Waals surface area contributed by atoms with Crippen molar-refractivity contribution in [2.45, 2.75) is 46.2 Å². The van der Waals surface area contributed by atoms with E-state index in [0.29, 0.717) is 12.6 Å². The lowest BCUT2D eigenvalue weighted by Gasteiger charge is -2.31. The Hall–Kier alpha value is -1.36. The zero-order valence-corrected chi connectivity index (χ0v) is 12.8. The topological polar surface area (TPSA) is 50.2 Å². The van der Waals surface area contributed by atoms with Gasteiger partial charge in [-0.25, -0.2) is 4.68 Å². The van der Waals surface area contributed by atoms with Crippen molar-refractivity contribution >= 4 is 5.69 Å². The molecule has 0 saturated carbocycles. The summed E-state index contributed by atoms with van der Waals surface area (Å²) in [5.41, 5.74) is 0.960. The number of nitrogens with zero attached hydrogens (tertiary/aromatic N) is 3. The molecule has 0 aromatic carbocycles. The highest BCUT2D eigenvalue weighted by molar-refractivity contribution is 5.43. The van der Waals surface area contributed by atoms with E-state index in [0.717, 1.165) is 31.2 Å². The van der Waals surface area contributed by atoms with Crippen molar-refractivity contribution in [1.29, 1.82) is 0 Å². The molecule has 0 amide bonds. The number of rotatable bonds is 5. The summed E-state index contributed by atoms with van der Waals surface area (Å²) in [5.74, 6) is 0.793. The quantitative estimate of drug-likeness (QED) is 0.886. The molecule has 0 unspecified atom stereocenters. The maximum atomic E-state index is 12.1. The molecule has 0 bridgehead atoms. The number of nitrogens with one attached hydrogen (secondary N) is 1. The Morgan fingerprint density at radius 1 is 1.40 bits per heavy atom. The smallest absolute Gasteiger partial charge is 0.268 e. The molecule has 1 aromatic heterocycles. The van der Waals surface area contributed by atoms with Crippen LogP contribution >= 0.6 is 0 Å². The van der Waals surface area contributed by atoms with Crippen LogP contribution in [-0.4, -0.2) is 35.5 Å². The van der Waals surface area contributed by atoms with Gasteiger partial charge in [0.2, 0.25) is 0 Å². The molecule has 1 N–H and O–H groups in total. The van der Waals surface area contributed by atoms with Crippen molar-refractivity contribution in [2.75, 3.05) is 24.5 Å². The summed E-state index contributed by atoms with van der Waals surface area (Å²) in [5, 5.41) is 7.59. The van der Waals surface area contributed by atoms with Crippen molar-refractivity contribution in [2.24, 2.45) is 5.92 Å². The fourth-order valence-electron chi connectivity index (χ4n) is 2.49. The molecule has 1 aromatic rings. The minimum absolute atomic E-state index is 0.00771. The van der Waals surface area contributed by atoms with Gasteiger partial charge in [-0.05, 0) is 18.8 Å². The van der Waals surface area contributed by atoms with Crippen molar-refractivity contribution in [3.8, 4) is 0 Å². The molecule has 1 fully saturated rings. The maximum absolute atomic E-state index is 12.1. The van der Waals surface area contributed by atoms with Crippen LogP contribution in [0.2, 0.25) is 0 Å². The largest absolute Gasteiger partial charge is 0.370 e. The van der Waals surface area contributed by atoms with Crippen molar-refractivity contribution in [3.63, 3.8) is 0 Å². The van der Waals surface area contributed by atoms with Crippen molar-refractivity contribution in [1.82, 2.24) is 15.1 Å². The number of hydrogen-bond donors (Lipinski definition) is 1. The van der Waals surface area contributed by atoms with Crippen LogP contribution in [-0.2, 0) is 6.54 Å². The summed E-state index contributed by atoms with van der Waals surface area (Å²) in [6.45, 7) is 9.92. The van der Waals surface area contributed by atoms with Crippen LogP contribution in [0, 0.1) is 5.92 Å². The third kappa shape index (κ3) is 4.07. The van der Waals surface area contributed by atoms with Crippen LogP contribution < -0.4 is 15.8 Å². The van der Waals surface area contributed by atoms with Gasteiger partial charge in [-0.2, -0.15) is 5.10 Å². The molecule has 1 saturated heterocycles. The summed E-state index contributed by atoms with van der Waals surface area (Å²) < 4.78 is 1.53. The first-order valence-electron chi connectivity index (χ1n) is 7.62. The predicted octanol–water partition coefficient (Wildman–Crippen LogP) is 1.48. The van der Waals surface area contributed by atoms with Crippen LogP contribution in [0.3, 0.4) is 0 Å². The molecule has 1 aliphatic heterocycles. The molecule has 0 aliphatic carbocycles. The summed E-state index contributed by atoms with van der Waals surface area (Å²) >= 11 is 0. The third-order valence-corrected chi connectivity index (χ3v) is 3.88. The van der Waals surface area contributed by atoms with Crippen LogP contribution in [0.5, 0.6) is 0 Å². The standard InChI is InChI=1S/C15H26N4O/c1-12(2)16-6-9-19-15(20)10-14(11-17-19)18-7-4-13(3)5-8-18/h10-13,16H,4-9H2,1-3H3. The Kier molecular flexibility index (Phi) is 5.17. The van der Waals surface area contributed by atoms with Gasteiger partial charge in [0.1, 0.15) is 0 Å². The molecule has 1 aliphatic rings. The van der Waals surface area contributed by atoms with E-state index in [1.54, 1.807) is 6.07 Å². The summed E-state index contributed by atoms with van der Waals surface area (Å²) in [7, 11) is 0. The Balaban J connectivity index is 1.97. The second-order valence-electron chi connectivity index (χ2n) is 6.05. The molecular formula is C15H26N4O. The second kappa shape index (κ2) is 6.88.